The molecule has 6 nitrogen and oxygen atoms in total. The molecule has 0 amide bonds. The zero-order valence-electron chi connectivity index (χ0n) is 15.2. The fourth-order valence-electron chi connectivity index (χ4n) is 4.29. The average molecular weight is 348 g/mol. The third-order valence-electron chi connectivity index (χ3n) is 5.71. The minimum absolute atomic E-state index is 0.697. The largest absolute Gasteiger partial charge is 0.368 e. The zero-order chi connectivity index (χ0) is 17.5. The van der Waals surface area contributed by atoms with Crippen molar-refractivity contribution in [3.63, 3.8) is 0 Å². The summed E-state index contributed by atoms with van der Waals surface area (Å²) in [6, 6.07) is 10.7. The number of fused-ring (bicyclic) bond motifs is 2. The third-order valence-corrected chi connectivity index (χ3v) is 5.71. The van der Waals surface area contributed by atoms with Crippen LogP contribution in [0.25, 0.3) is 5.78 Å². The first-order chi connectivity index (χ1) is 12.8. The molecule has 6 heteroatoms. The van der Waals surface area contributed by atoms with Crippen LogP contribution in [0.15, 0.2) is 36.7 Å². The molecule has 3 aromatic rings. The van der Waals surface area contributed by atoms with E-state index in [4.69, 9.17) is 4.98 Å². The first kappa shape index (κ1) is 15.6. The highest BCUT2D eigenvalue weighted by atomic mass is 15.4. The lowest BCUT2D eigenvalue weighted by atomic mass is 9.88. The van der Waals surface area contributed by atoms with Crippen LogP contribution in [0.3, 0.4) is 0 Å². The van der Waals surface area contributed by atoms with Crippen molar-refractivity contribution in [2.24, 2.45) is 5.92 Å². The summed E-state index contributed by atoms with van der Waals surface area (Å²) in [5, 5.41) is 4.49. The Kier molecular flexibility index (Phi) is 3.76. The Balaban J connectivity index is 1.47. The van der Waals surface area contributed by atoms with E-state index in [9.17, 15) is 0 Å². The maximum absolute atomic E-state index is 4.80. The number of benzene rings is 1. The molecule has 0 bridgehead atoms. The summed E-state index contributed by atoms with van der Waals surface area (Å²) in [4.78, 5) is 14.1. The SMILES string of the molecule is C[C@H]1CCc2c(nc3ncnn3c2N2CCN(c3ccccc3)CC2)C1. The van der Waals surface area contributed by atoms with Gasteiger partial charge in [0.25, 0.3) is 5.78 Å². The topological polar surface area (TPSA) is 49.6 Å². The fraction of sp³-hybridized carbons (Fsp3) is 0.450. The number of piperazine rings is 1. The van der Waals surface area contributed by atoms with Crippen LogP contribution in [-0.2, 0) is 12.8 Å². The normalized spacial score (nSPS) is 20.4. The molecule has 1 fully saturated rings. The van der Waals surface area contributed by atoms with Crippen LogP contribution in [0.2, 0.25) is 0 Å². The number of hydrogen-bond acceptors (Lipinski definition) is 5. The molecule has 5 rings (SSSR count). The average Bonchev–Trinajstić information content (AvgIpc) is 3.15. The van der Waals surface area contributed by atoms with Crippen molar-refractivity contribution in [3.05, 3.63) is 47.9 Å². The second-order valence-corrected chi connectivity index (χ2v) is 7.49. The van der Waals surface area contributed by atoms with Crippen molar-refractivity contribution in [3.8, 4) is 0 Å². The predicted octanol–water partition coefficient (Wildman–Crippen LogP) is 2.58. The van der Waals surface area contributed by atoms with Crippen molar-refractivity contribution in [2.45, 2.75) is 26.2 Å². The Morgan fingerprint density at radius 1 is 1.00 bits per heavy atom. The van der Waals surface area contributed by atoms with Gasteiger partial charge in [0.1, 0.15) is 12.1 Å². The molecular weight excluding hydrogens is 324 g/mol. The maximum Gasteiger partial charge on any atom is 0.254 e. The van der Waals surface area contributed by atoms with Crippen LogP contribution in [-0.4, -0.2) is 45.8 Å². The summed E-state index contributed by atoms with van der Waals surface area (Å²) < 4.78 is 1.95. The molecule has 0 radical (unpaired) electrons. The monoisotopic (exact) mass is 348 g/mol. The zero-order valence-corrected chi connectivity index (χ0v) is 15.2. The highest BCUT2D eigenvalue weighted by Crippen LogP contribution is 2.32. The van der Waals surface area contributed by atoms with E-state index in [1.165, 1.54) is 29.2 Å². The van der Waals surface area contributed by atoms with E-state index < -0.39 is 0 Å². The molecule has 134 valence electrons. The van der Waals surface area contributed by atoms with Crippen LogP contribution >= 0.6 is 0 Å². The Morgan fingerprint density at radius 3 is 2.58 bits per heavy atom. The highest BCUT2D eigenvalue weighted by molar-refractivity contribution is 5.57. The molecule has 0 N–H and O–H groups in total. The molecule has 0 saturated carbocycles. The molecular formula is C20H24N6. The standard InChI is InChI=1S/C20H24N6/c1-15-7-8-17-18(13-15)23-20-21-14-22-26(20)19(17)25-11-9-24(10-12-25)16-5-3-2-4-6-16/h2-6,14-15H,7-13H2,1H3/t15-/m0/s1. The van der Waals surface area contributed by atoms with Crippen molar-refractivity contribution < 1.29 is 0 Å². The first-order valence-electron chi connectivity index (χ1n) is 9.56. The number of nitrogens with zero attached hydrogens (tertiary/aromatic N) is 6. The molecule has 2 aliphatic rings. The quantitative estimate of drug-likeness (QED) is 0.712. The first-order valence-corrected chi connectivity index (χ1v) is 9.56. The number of rotatable bonds is 2. The van der Waals surface area contributed by atoms with Gasteiger partial charge in [-0.2, -0.15) is 14.6 Å². The van der Waals surface area contributed by atoms with E-state index in [1.807, 2.05) is 4.52 Å². The van der Waals surface area contributed by atoms with Crippen LogP contribution in [0.4, 0.5) is 11.5 Å². The second kappa shape index (κ2) is 6.27. The van der Waals surface area contributed by atoms with Gasteiger partial charge in [-0.25, -0.2) is 4.98 Å². The fourth-order valence-corrected chi connectivity index (χ4v) is 4.29. The summed E-state index contributed by atoms with van der Waals surface area (Å²) in [6.07, 6.45) is 5.00. The van der Waals surface area contributed by atoms with E-state index in [0.717, 1.165) is 44.8 Å². The lowest BCUT2D eigenvalue weighted by Crippen LogP contribution is -2.47. The van der Waals surface area contributed by atoms with Gasteiger partial charge in [0.15, 0.2) is 0 Å². The Hall–Kier alpha value is -2.63. The van der Waals surface area contributed by atoms with Crippen LogP contribution < -0.4 is 9.80 Å². The van der Waals surface area contributed by atoms with E-state index in [-0.39, 0.29) is 0 Å². The minimum Gasteiger partial charge on any atom is -0.368 e. The van der Waals surface area contributed by atoms with Gasteiger partial charge in [-0.05, 0) is 37.3 Å². The van der Waals surface area contributed by atoms with E-state index in [0.29, 0.717) is 5.92 Å². The molecule has 1 aliphatic carbocycles. The predicted molar refractivity (Wildman–Crippen MR) is 103 cm³/mol. The minimum atomic E-state index is 0.697. The van der Waals surface area contributed by atoms with Crippen molar-refractivity contribution >= 4 is 17.3 Å². The second-order valence-electron chi connectivity index (χ2n) is 7.49. The van der Waals surface area contributed by atoms with Gasteiger partial charge in [0.2, 0.25) is 0 Å². The molecule has 2 aromatic heterocycles. The Bertz CT molecular complexity index is 911. The summed E-state index contributed by atoms with van der Waals surface area (Å²) >= 11 is 0. The van der Waals surface area contributed by atoms with E-state index in [1.54, 1.807) is 6.33 Å². The Labute approximate surface area is 153 Å². The smallest absolute Gasteiger partial charge is 0.254 e. The van der Waals surface area contributed by atoms with Gasteiger partial charge in [0, 0.05) is 37.4 Å². The van der Waals surface area contributed by atoms with Gasteiger partial charge in [-0.15, -0.1) is 0 Å². The molecule has 1 aromatic carbocycles. The van der Waals surface area contributed by atoms with Gasteiger partial charge < -0.3 is 9.80 Å². The molecule has 3 heterocycles. The summed E-state index contributed by atoms with van der Waals surface area (Å²) in [5.74, 6) is 2.66. The van der Waals surface area contributed by atoms with Crippen molar-refractivity contribution in [1.82, 2.24) is 19.6 Å². The third kappa shape index (κ3) is 2.60. The number of hydrogen-bond donors (Lipinski definition) is 0. The molecule has 1 atom stereocenters. The number of anilines is 2. The van der Waals surface area contributed by atoms with Crippen LogP contribution in [0.5, 0.6) is 0 Å². The van der Waals surface area contributed by atoms with Gasteiger partial charge in [0.05, 0.1) is 5.69 Å². The van der Waals surface area contributed by atoms with Gasteiger partial charge in [-0.3, -0.25) is 0 Å². The molecule has 0 spiro atoms. The van der Waals surface area contributed by atoms with Crippen molar-refractivity contribution in [2.75, 3.05) is 36.0 Å². The summed E-state index contributed by atoms with van der Waals surface area (Å²) in [5.41, 5.74) is 3.92. The molecule has 1 aliphatic heterocycles. The Morgan fingerprint density at radius 2 is 1.77 bits per heavy atom. The molecule has 1 saturated heterocycles. The van der Waals surface area contributed by atoms with Gasteiger partial charge >= 0.3 is 0 Å². The lowest BCUT2D eigenvalue weighted by molar-refractivity contribution is 0.488. The number of aromatic nitrogens is 4. The molecule has 0 unspecified atom stereocenters. The highest BCUT2D eigenvalue weighted by Gasteiger charge is 2.28. The van der Waals surface area contributed by atoms with Crippen LogP contribution in [0, 0.1) is 5.92 Å². The summed E-state index contributed by atoms with van der Waals surface area (Å²) in [6.45, 7) is 6.35. The van der Waals surface area contributed by atoms with Gasteiger partial charge in [-0.1, -0.05) is 25.1 Å². The summed E-state index contributed by atoms with van der Waals surface area (Å²) in [7, 11) is 0. The van der Waals surface area contributed by atoms with Crippen LogP contribution in [0.1, 0.15) is 24.6 Å². The number of para-hydroxylation sites is 1. The lowest BCUT2D eigenvalue weighted by Gasteiger charge is -2.38. The maximum atomic E-state index is 4.80. The van der Waals surface area contributed by atoms with E-state index >= 15 is 0 Å². The molecule has 26 heavy (non-hydrogen) atoms. The van der Waals surface area contributed by atoms with Crippen molar-refractivity contribution in [1.29, 1.82) is 0 Å². The van der Waals surface area contributed by atoms with E-state index in [2.05, 4.69) is 57.1 Å².